The second kappa shape index (κ2) is 10.9. The van der Waals surface area contributed by atoms with Crippen molar-refractivity contribution in [3.05, 3.63) is 188 Å². The molecule has 0 spiro atoms. The van der Waals surface area contributed by atoms with E-state index in [2.05, 4.69) is 192 Å². The Balaban J connectivity index is 1.34. The third-order valence-corrected chi connectivity index (χ3v) is 10.9. The molecule has 0 amide bonds. The first kappa shape index (κ1) is 28.2. The summed E-state index contributed by atoms with van der Waals surface area (Å²) < 4.78 is 2.57. The van der Waals surface area contributed by atoms with Crippen LogP contribution in [0.1, 0.15) is 0 Å². The summed E-state index contributed by atoms with van der Waals surface area (Å²) in [4.78, 5) is 0. The van der Waals surface area contributed by atoms with Crippen molar-refractivity contribution in [3.8, 4) is 44.5 Å². The van der Waals surface area contributed by atoms with E-state index in [1.165, 1.54) is 104 Å². The Morgan fingerprint density at radius 1 is 0.294 bits per heavy atom. The van der Waals surface area contributed by atoms with E-state index < -0.39 is 0 Å². The van der Waals surface area contributed by atoms with Crippen molar-refractivity contribution in [2.45, 2.75) is 0 Å². The van der Waals surface area contributed by atoms with Crippen molar-refractivity contribution >= 4 is 59.6 Å². The number of fused-ring (bicyclic) bond motifs is 8. The van der Waals surface area contributed by atoms with Crippen molar-refractivity contribution in [1.29, 1.82) is 0 Å². The summed E-state index contributed by atoms with van der Waals surface area (Å²) in [5.74, 6) is 0. The fourth-order valence-corrected chi connectivity index (χ4v) is 8.82. The summed E-state index contributed by atoms with van der Waals surface area (Å²) in [5, 5.41) is 10.2. The maximum Gasteiger partial charge on any atom is 0.0620 e. The van der Waals surface area contributed by atoms with Crippen molar-refractivity contribution in [2.24, 2.45) is 0 Å². The van der Waals surface area contributed by atoms with Crippen LogP contribution in [0.3, 0.4) is 0 Å². The molecule has 0 saturated carbocycles. The smallest absolute Gasteiger partial charge is 0.0620 e. The van der Waals surface area contributed by atoms with Gasteiger partial charge >= 0.3 is 0 Å². The van der Waals surface area contributed by atoms with Crippen LogP contribution in [-0.4, -0.2) is 4.40 Å². The van der Waals surface area contributed by atoms with Gasteiger partial charge in [-0.2, -0.15) is 0 Å². The molecule has 236 valence electrons. The fraction of sp³-hybridized carbons (Fsp3) is 0. The van der Waals surface area contributed by atoms with Gasteiger partial charge in [-0.1, -0.05) is 176 Å². The van der Waals surface area contributed by atoms with Crippen LogP contribution in [0.15, 0.2) is 188 Å². The van der Waals surface area contributed by atoms with Crippen LogP contribution in [0.4, 0.5) is 0 Å². The van der Waals surface area contributed by atoms with Gasteiger partial charge in [-0.25, -0.2) is 0 Å². The lowest BCUT2D eigenvalue weighted by atomic mass is 9.87. The van der Waals surface area contributed by atoms with Crippen LogP contribution in [-0.2, 0) is 0 Å². The number of benzene rings is 9. The number of para-hydroxylation sites is 1. The van der Waals surface area contributed by atoms with Gasteiger partial charge in [0.25, 0.3) is 0 Å². The van der Waals surface area contributed by atoms with Gasteiger partial charge in [0.1, 0.15) is 0 Å². The summed E-state index contributed by atoms with van der Waals surface area (Å²) in [5.41, 5.74) is 13.8. The molecule has 0 radical (unpaired) electrons. The standard InChI is InChI=1S/C50H31N/c1-3-16-32(17-4-1)36-22-11-13-26-40(36)46-38-24-9-7-20-34(38)30-44-48(46)42-28-15-29-43-49-45(51(44)50(42)43)31-35-21-8-10-25-39(35)47(49)41-27-14-12-23-37(41)33-18-5-2-6-19-33/h1-31H. The highest BCUT2D eigenvalue weighted by atomic mass is 14.9. The molecule has 0 bridgehead atoms. The van der Waals surface area contributed by atoms with E-state index in [1.54, 1.807) is 0 Å². The Morgan fingerprint density at radius 3 is 1.14 bits per heavy atom. The molecule has 2 aromatic heterocycles. The molecule has 0 aliphatic heterocycles. The van der Waals surface area contributed by atoms with Gasteiger partial charge < -0.3 is 4.40 Å². The van der Waals surface area contributed by atoms with E-state index >= 15 is 0 Å². The zero-order valence-electron chi connectivity index (χ0n) is 27.8. The van der Waals surface area contributed by atoms with Crippen LogP contribution in [0.5, 0.6) is 0 Å². The third-order valence-electron chi connectivity index (χ3n) is 10.9. The van der Waals surface area contributed by atoms with Crippen molar-refractivity contribution < 1.29 is 0 Å². The molecule has 0 atom stereocenters. The highest BCUT2D eigenvalue weighted by Crippen LogP contribution is 2.50. The summed E-state index contributed by atoms with van der Waals surface area (Å²) in [6.07, 6.45) is 0. The number of rotatable bonds is 4. The predicted octanol–water partition coefficient (Wildman–Crippen LogP) is 13.8. The Kier molecular flexibility index (Phi) is 6.02. The zero-order chi connectivity index (χ0) is 33.5. The van der Waals surface area contributed by atoms with Crippen LogP contribution < -0.4 is 0 Å². The van der Waals surface area contributed by atoms with Crippen molar-refractivity contribution in [1.82, 2.24) is 4.40 Å². The maximum atomic E-state index is 2.57. The molecule has 11 aromatic rings. The number of nitrogens with zero attached hydrogens (tertiary/aromatic N) is 1. The van der Waals surface area contributed by atoms with Gasteiger partial charge in [-0.3, -0.25) is 0 Å². The lowest BCUT2D eigenvalue weighted by Gasteiger charge is -2.16. The molecule has 11 rings (SSSR count). The highest BCUT2D eigenvalue weighted by molar-refractivity contribution is 6.33. The van der Waals surface area contributed by atoms with Crippen molar-refractivity contribution in [3.63, 3.8) is 0 Å². The number of hydrogen-bond donors (Lipinski definition) is 0. The molecule has 51 heavy (non-hydrogen) atoms. The molecule has 9 aromatic carbocycles. The average Bonchev–Trinajstić information content (AvgIpc) is 3.72. The summed E-state index contributed by atoms with van der Waals surface area (Å²) in [6.45, 7) is 0. The van der Waals surface area contributed by atoms with E-state index in [9.17, 15) is 0 Å². The second-order valence-electron chi connectivity index (χ2n) is 13.6. The van der Waals surface area contributed by atoms with Gasteiger partial charge in [0.2, 0.25) is 0 Å². The Hall–Kier alpha value is -6.70. The van der Waals surface area contributed by atoms with Gasteiger partial charge in [0.05, 0.1) is 16.6 Å². The molecule has 0 saturated heterocycles. The van der Waals surface area contributed by atoms with Gasteiger partial charge in [-0.05, 0) is 67.1 Å². The molecule has 0 N–H and O–H groups in total. The Bertz CT molecular complexity index is 2910. The summed E-state index contributed by atoms with van der Waals surface area (Å²) >= 11 is 0. The minimum absolute atomic E-state index is 1.23. The first-order chi connectivity index (χ1) is 25.3. The van der Waals surface area contributed by atoms with Crippen molar-refractivity contribution in [2.75, 3.05) is 0 Å². The topological polar surface area (TPSA) is 4.41 Å². The first-order valence-corrected chi connectivity index (χ1v) is 17.7. The molecule has 0 fully saturated rings. The Morgan fingerprint density at radius 2 is 0.667 bits per heavy atom. The van der Waals surface area contributed by atoms with Gasteiger partial charge in [0, 0.05) is 32.7 Å². The third kappa shape index (κ3) is 4.03. The van der Waals surface area contributed by atoms with E-state index in [-0.39, 0.29) is 0 Å². The van der Waals surface area contributed by atoms with E-state index in [4.69, 9.17) is 0 Å². The maximum absolute atomic E-state index is 2.57. The predicted molar refractivity (Wildman–Crippen MR) is 218 cm³/mol. The van der Waals surface area contributed by atoms with E-state index in [0.29, 0.717) is 0 Å². The largest absolute Gasteiger partial charge is 0.308 e. The molecular formula is C50H31N. The second-order valence-corrected chi connectivity index (χ2v) is 13.6. The van der Waals surface area contributed by atoms with E-state index in [0.717, 1.165) is 0 Å². The number of hydrogen-bond acceptors (Lipinski definition) is 0. The normalized spacial score (nSPS) is 11.9. The molecular weight excluding hydrogens is 615 g/mol. The molecule has 2 heterocycles. The molecule has 0 aliphatic carbocycles. The molecule has 0 unspecified atom stereocenters. The van der Waals surface area contributed by atoms with Crippen LogP contribution in [0.25, 0.3) is 104 Å². The minimum Gasteiger partial charge on any atom is -0.308 e. The van der Waals surface area contributed by atoms with Crippen LogP contribution in [0, 0.1) is 0 Å². The van der Waals surface area contributed by atoms with Crippen LogP contribution >= 0.6 is 0 Å². The number of aromatic nitrogens is 1. The highest BCUT2D eigenvalue weighted by Gasteiger charge is 2.26. The summed E-state index contributed by atoms with van der Waals surface area (Å²) in [6, 6.07) is 69.1. The molecule has 1 nitrogen and oxygen atoms in total. The Labute approximate surface area is 295 Å². The first-order valence-electron chi connectivity index (χ1n) is 17.7. The minimum atomic E-state index is 1.23. The fourth-order valence-electron chi connectivity index (χ4n) is 8.82. The quantitative estimate of drug-likeness (QED) is 0.179. The van der Waals surface area contributed by atoms with E-state index in [1.807, 2.05) is 0 Å². The lowest BCUT2D eigenvalue weighted by Crippen LogP contribution is -1.91. The van der Waals surface area contributed by atoms with Gasteiger partial charge in [-0.15, -0.1) is 0 Å². The lowest BCUT2D eigenvalue weighted by molar-refractivity contribution is 1.38. The average molecular weight is 646 g/mol. The zero-order valence-corrected chi connectivity index (χ0v) is 27.8. The SMILES string of the molecule is c1ccc(-c2ccccc2-c2c3ccccc3cc3c2c2cccc4c5c(-c6ccccc6-c6ccccc6)c6ccccc6cc5n3c24)cc1. The molecule has 0 aliphatic rings. The van der Waals surface area contributed by atoms with Gasteiger partial charge in [0.15, 0.2) is 0 Å². The molecule has 1 heteroatoms. The van der Waals surface area contributed by atoms with Crippen LogP contribution in [0.2, 0.25) is 0 Å². The summed E-state index contributed by atoms with van der Waals surface area (Å²) in [7, 11) is 0. The monoisotopic (exact) mass is 645 g/mol.